The Kier molecular flexibility index (Phi) is 11.9. The molecule has 0 radical (unpaired) electrons. The van der Waals surface area contributed by atoms with Gasteiger partial charge < -0.3 is 16.0 Å². The third-order valence-corrected chi connectivity index (χ3v) is 3.43. The van der Waals surface area contributed by atoms with Crippen molar-refractivity contribution < 1.29 is 9.59 Å². The van der Waals surface area contributed by atoms with E-state index < -0.39 is 0 Å². The van der Waals surface area contributed by atoms with Crippen LogP contribution in [0.1, 0.15) is 18.9 Å². The summed E-state index contributed by atoms with van der Waals surface area (Å²) in [6, 6.07) is 9.96. The molecule has 0 aromatic heterocycles. The predicted octanol–water partition coefficient (Wildman–Crippen LogP) is 0.854. The maximum absolute atomic E-state index is 12.3. The highest BCUT2D eigenvalue weighted by Gasteiger charge is 2.16. The first-order valence-electron chi connectivity index (χ1n) is 8.03. The quantitative estimate of drug-likeness (QED) is 0.651. The average molecular weight is 357 g/mol. The van der Waals surface area contributed by atoms with E-state index in [1.165, 1.54) is 4.90 Å². The van der Waals surface area contributed by atoms with Crippen LogP contribution in [0.3, 0.4) is 0 Å². The Morgan fingerprint density at radius 2 is 1.83 bits per heavy atom. The first-order chi connectivity index (χ1) is 11.1. The zero-order chi connectivity index (χ0) is 17.1. The van der Waals surface area contributed by atoms with Crippen LogP contribution >= 0.6 is 12.4 Å². The Morgan fingerprint density at radius 1 is 1.17 bits per heavy atom. The van der Waals surface area contributed by atoms with Crippen molar-refractivity contribution in [3.05, 3.63) is 35.9 Å². The summed E-state index contributed by atoms with van der Waals surface area (Å²) < 4.78 is 0. The number of nitrogens with zero attached hydrogens (tertiary/aromatic N) is 2. The van der Waals surface area contributed by atoms with Crippen LogP contribution in [0.15, 0.2) is 30.3 Å². The molecule has 1 aromatic carbocycles. The van der Waals surface area contributed by atoms with Crippen LogP contribution in [-0.2, 0) is 16.1 Å². The minimum absolute atomic E-state index is 0. The zero-order valence-corrected chi connectivity index (χ0v) is 15.3. The number of carbonyl (C=O) groups excluding carboxylic acids is 2. The number of amides is 2. The molecule has 2 amide bonds. The molecule has 0 fully saturated rings. The molecule has 24 heavy (non-hydrogen) atoms. The van der Waals surface area contributed by atoms with Crippen molar-refractivity contribution in [3.8, 4) is 0 Å². The van der Waals surface area contributed by atoms with Gasteiger partial charge in [0.05, 0.1) is 13.1 Å². The molecular weight excluding hydrogens is 328 g/mol. The monoisotopic (exact) mass is 356 g/mol. The van der Waals surface area contributed by atoms with Crippen LogP contribution in [0.4, 0.5) is 0 Å². The number of benzene rings is 1. The topological polar surface area (TPSA) is 78.7 Å². The largest absolute Gasteiger partial charge is 0.355 e. The van der Waals surface area contributed by atoms with Crippen molar-refractivity contribution in [1.82, 2.24) is 15.1 Å². The highest BCUT2D eigenvalue weighted by Crippen LogP contribution is 2.04. The first-order valence-corrected chi connectivity index (χ1v) is 8.03. The van der Waals surface area contributed by atoms with Crippen LogP contribution < -0.4 is 11.1 Å². The Balaban J connectivity index is 0.00000529. The summed E-state index contributed by atoms with van der Waals surface area (Å²) >= 11 is 0. The number of likely N-dealkylation sites (N-methyl/N-ethyl adjacent to an activating group) is 1. The molecule has 6 nitrogen and oxygen atoms in total. The summed E-state index contributed by atoms with van der Waals surface area (Å²) in [6.07, 6.45) is 0.880. The van der Waals surface area contributed by atoms with Crippen LogP contribution in [-0.4, -0.2) is 61.4 Å². The van der Waals surface area contributed by atoms with Crippen molar-refractivity contribution in [1.29, 1.82) is 0 Å². The molecule has 136 valence electrons. The molecule has 1 aromatic rings. The summed E-state index contributed by atoms with van der Waals surface area (Å²) in [5.41, 5.74) is 6.78. The van der Waals surface area contributed by atoms with Crippen LogP contribution in [0.25, 0.3) is 0 Å². The third-order valence-electron chi connectivity index (χ3n) is 3.43. The molecule has 1 rings (SSSR count). The van der Waals surface area contributed by atoms with Crippen molar-refractivity contribution in [2.45, 2.75) is 19.9 Å². The third kappa shape index (κ3) is 8.86. The Bertz CT molecular complexity index is 485. The molecule has 0 aliphatic carbocycles. The Labute approximate surface area is 150 Å². The number of hydrogen-bond acceptors (Lipinski definition) is 4. The summed E-state index contributed by atoms with van der Waals surface area (Å²) in [5, 5.41) is 2.77. The maximum Gasteiger partial charge on any atom is 0.239 e. The second-order valence-electron chi connectivity index (χ2n) is 5.58. The normalized spacial score (nSPS) is 10.2. The van der Waals surface area contributed by atoms with Crippen molar-refractivity contribution >= 4 is 24.2 Å². The van der Waals surface area contributed by atoms with Gasteiger partial charge in [-0.3, -0.25) is 14.5 Å². The Morgan fingerprint density at radius 3 is 2.42 bits per heavy atom. The number of carbonyl (C=O) groups is 2. The highest BCUT2D eigenvalue weighted by atomic mass is 35.5. The van der Waals surface area contributed by atoms with Crippen LogP contribution in [0.5, 0.6) is 0 Å². The fourth-order valence-electron chi connectivity index (χ4n) is 2.17. The maximum atomic E-state index is 12.3. The lowest BCUT2D eigenvalue weighted by Gasteiger charge is -2.24. The molecular formula is C17H29ClN4O2. The van der Waals surface area contributed by atoms with Crippen molar-refractivity contribution in [2.75, 3.05) is 39.8 Å². The van der Waals surface area contributed by atoms with Crippen molar-refractivity contribution in [3.63, 3.8) is 0 Å². The van der Waals surface area contributed by atoms with Gasteiger partial charge in [0.1, 0.15) is 0 Å². The molecule has 3 N–H and O–H groups in total. The highest BCUT2D eigenvalue weighted by molar-refractivity contribution is 5.85. The lowest BCUT2D eigenvalue weighted by molar-refractivity contribution is -0.135. The molecule has 0 saturated heterocycles. The van der Waals surface area contributed by atoms with E-state index >= 15 is 0 Å². The summed E-state index contributed by atoms with van der Waals surface area (Å²) in [6.45, 7) is 4.75. The van der Waals surface area contributed by atoms with E-state index in [9.17, 15) is 9.59 Å². The molecule has 0 atom stereocenters. The lowest BCUT2D eigenvalue weighted by atomic mass is 10.2. The number of nitrogens with one attached hydrogen (secondary N) is 1. The van der Waals surface area contributed by atoms with Gasteiger partial charge >= 0.3 is 0 Å². The Hall–Kier alpha value is -1.63. The van der Waals surface area contributed by atoms with Crippen LogP contribution in [0.2, 0.25) is 0 Å². The molecule has 0 unspecified atom stereocenters. The molecule has 0 saturated carbocycles. The molecule has 0 bridgehead atoms. The number of hydrogen-bond donors (Lipinski definition) is 2. The minimum atomic E-state index is -0.129. The molecule has 0 heterocycles. The number of rotatable bonds is 10. The van der Waals surface area contributed by atoms with Crippen LogP contribution in [0, 0.1) is 0 Å². The summed E-state index contributed by atoms with van der Waals surface area (Å²) in [4.78, 5) is 27.4. The zero-order valence-electron chi connectivity index (χ0n) is 14.5. The minimum Gasteiger partial charge on any atom is -0.355 e. The lowest BCUT2D eigenvalue weighted by Crippen LogP contribution is -2.44. The SMILES string of the molecule is CCCNC(=O)CN(C)C(=O)CN(CCN)Cc1ccccc1.Cl. The molecule has 0 aliphatic heterocycles. The van der Waals surface area contributed by atoms with Gasteiger partial charge in [-0.25, -0.2) is 0 Å². The average Bonchev–Trinajstić information content (AvgIpc) is 2.54. The standard InChI is InChI=1S/C17H28N4O2.ClH/c1-3-10-19-16(22)13-20(2)17(23)14-21(11-9-18)12-15-7-5-4-6-8-15;/h4-8H,3,9-14,18H2,1-2H3,(H,19,22);1H. The van der Waals surface area contributed by atoms with Gasteiger partial charge in [0.2, 0.25) is 11.8 Å². The summed E-state index contributed by atoms with van der Waals surface area (Å²) in [7, 11) is 1.65. The summed E-state index contributed by atoms with van der Waals surface area (Å²) in [5.74, 6) is -0.211. The van der Waals surface area contributed by atoms with Gasteiger partial charge in [-0.05, 0) is 12.0 Å². The fraction of sp³-hybridized carbons (Fsp3) is 0.529. The van der Waals surface area contributed by atoms with E-state index in [0.29, 0.717) is 26.2 Å². The van der Waals surface area contributed by atoms with E-state index in [4.69, 9.17) is 5.73 Å². The molecule has 7 heteroatoms. The predicted molar refractivity (Wildman–Crippen MR) is 99.0 cm³/mol. The van der Waals surface area contributed by atoms with Gasteiger partial charge in [0.15, 0.2) is 0 Å². The van der Waals surface area contributed by atoms with E-state index in [0.717, 1.165) is 12.0 Å². The van der Waals surface area contributed by atoms with Gasteiger partial charge in [0.25, 0.3) is 0 Å². The van der Waals surface area contributed by atoms with Gasteiger partial charge in [-0.15, -0.1) is 12.4 Å². The molecule has 0 aliphatic rings. The molecule has 0 spiro atoms. The second kappa shape index (κ2) is 12.8. The number of halogens is 1. The van der Waals surface area contributed by atoms with E-state index in [2.05, 4.69) is 5.32 Å². The second-order valence-corrected chi connectivity index (χ2v) is 5.58. The van der Waals surface area contributed by atoms with Gasteiger partial charge in [-0.2, -0.15) is 0 Å². The van der Waals surface area contributed by atoms with Crippen molar-refractivity contribution in [2.24, 2.45) is 5.73 Å². The smallest absolute Gasteiger partial charge is 0.239 e. The van der Waals surface area contributed by atoms with Gasteiger partial charge in [0, 0.05) is 33.2 Å². The fourth-order valence-corrected chi connectivity index (χ4v) is 2.17. The van der Waals surface area contributed by atoms with E-state index in [-0.39, 0.29) is 37.3 Å². The first kappa shape index (κ1) is 22.4. The van der Waals surface area contributed by atoms with E-state index in [1.807, 2.05) is 42.2 Å². The number of nitrogens with two attached hydrogens (primary N) is 1. The van der Waals surface area contributed by atoms with Gasteiger partial charge in [-0.1, -0.05) is 37.3 Å². The van der Waals surface area contributed by atoms with E-state index in [1.54, 1.807) is 7.05 Å².